The van der Waals surface area contributed by atoms with E-state index in [0.717, 1.165) is 33.4 Å². The zero-order valence-electron chi connectivity index (χ0n) is 26.4. The second-order valence-corrected chi connectivity index (χ2v) is 11.3. The Morgan fingerprint density at radius 1 is 0.438 bits per heavy atom. The molecule has 0 spiro atoms. The molecule has 1 heterocycles. The molecule has 6 aromatic carbocycles. The second kappa shape index (κ2) is 14.3. The lowest BCUT2D eigenvalue weighted by molar-refractivity contribution is 1.04. The highest BCUT2D eigenvalue weighted by molar-refractivity contribution is 5.88. The molecule has 7 rings (SSSR count). The van der Waals surface area contributed by atoms with Gasteiger partial charge in [-0.3, -0.25) is 0 Å². The van der Waals surface area contributed by atoms with Crippen molar-refractivity contribution in [1.29, 1.82) is 0 Å². The van der Waals surface area contributed by atoms with E-state index in [4.69, 9.17) is 15.0 Å². The maximum atomic E-state index is 4.83. The Kier molecular flexibility index (Phi) is 9.02. The van der Waals surface area contributed by atoms with Gasteiger partial charge in [-0.25, -0.2) is 15.0 Å². The van der Waals surface area contributed by atoms with E-state index in [1.165, 1.54) is 22.3 Å². The molecule has 0 radical (unpaired) electrons. The van der Waals surface area contributed by atoms with Crippen molar-refractivity contribution in [2.24, 2.45) is 0 Å². The van der Waals surface area contributed by atoms with Gasteiger partial charge in [0.2, 0.25) is 0 Å². The molecular weight excluding hydrogens is 583 g/mol. The van der Waals surface area contributed by atoms with E-state index in [1.54, 1.807) is 0 Å². The molecule has 0 saturated carbocycles. The first-order valence-electron chi connectivity index (χ1n) is 16.0. The molecule has 228 valence electrons. The van der Waals surface area contributed by atoms with Crippen LogP contribution in [0.2, 0.25) is 0 Å². The first-order chi connectivity index (χ1) is 23.7. The van der Waals surface area contributed by atoms with Gasteiger partial charge in [0.05, 0.1) is 0 Å². The molecule has 0 atom stereocenters. The summed E-state index contributed by atoms with van der Waals surface area (Å²) in [5.41, 5.74) is 11.0. The van der Waals surface area contributed by atoms with Crippen molar-refractivity contribution in [3.63, 3.8) is 0 Å². The standard InChI is InChI=1S/C45H33N3/c1-2-16-33(28-30-43-46-44(36-21-11-5-12-22-36)48-45(47-43)37-23-13-6-14-24-37)38-25-15-26-39(31-38)40-27-29-41(34-17-7-3-8-18-34)42(32-40)35-19-9-4-10-20-35/h2-32H,1H2/b30-28+,33-16+. The van der Waals surface area contributed by atoms with Gasteiger partial charge in [0.25, 0.3) is 0 Å². The van der Waals surface area contributed by atoms with Crippen molar-refractivity contribution in [2.75, 3.05) is 0 Å². The van der Waals surface area contributed by atoms with Gasteiger partial charge in [0, 0.05) is 11.1 Å². The van der Waals surface area contributed by atoms with Crippen LogP contribution in [0.1, 0.15) is 11.4 Å². The van der Waals surface area contributed by atoms with E-state index in [2.05, 4.69) is 110 Å². The van der Waals surface area contributed by atoms with E-state index < -0.39 is 0 Å². The summed E-state index contributed by atoms with van der Waals surface area (Å²) < 4.78 is 0. The Hall–Kier alpha value is -6.45. The smallest absolute Gasteiger partial charge is 0.164 e. The Balaban J connectivity index is 1.26. The molecule has 3 nitrogen and oxygen atoms in total. The Labute approximate surface area is 282 Å². The number of hydrogen-bond acceptors (Lipinski definition) is 3. The summed E-state index contributed by atoms with van der Waals surface area (Å²) in [6.45, 7) is 4.00. The average molecular weight is 616 g/mol. The first-order valence-corrected chi connectivity index (χ1v) is 16.0. The molecule has 0 aliphatic heterocycles. The van der Waals surface area contributed by atoms with Gasteiger partial charge in [-0.2, -0.15) is 0 Å². The van der Waals surface area contributed by atoms with Crippen LogP contribution in [0.25, 0.3) is 67.8 Å². The van der Waals surface area contributed by atoms with Crippen LogP contribution in [0.15, 0.2) is 189 Å². The van der Waals surface area contributed by atoms with Gasteiger partial charge >= 0.3 is 0 Å². The third kappa shape index (κ3) is 6.86. The molecule has 0 amide bonds. The lowest BCUT2D eigenvalue weighted by Crippen LogP contribution is -1.99. The van der Waals surface area contributed by atoms with Crippen LogP contribution in [0.3, 0.4) is 0 Å². The first kappa shape index (κ1) is 30.2. The van der Waals surface area contributed by atoms with Crippen molar-refractivity contribution in [2.45, 2.75) is 0 Å². The van der Waals surface area contributed by atoms with Gasteiger partial charge in [0.1, 0.15) is 0 Å². The summed E-state index contributed by atoms with van der Waals surface area (Å²) in [4.78, 5) is 14.5. The van der Waals surface area contributed by atoms with Gasteiger partial charge in [-0.1, -0.05) is 176 Å². The maximum absolute atomic E-state index is 4.83. The van der Waals surface area contributed by atoms with E-state index >= 15 is 0 Å². The Morgan fingerprint density at radius 2 is 0.938 bits per heavy atom. The van der Waals surface area contributed by atoms with Crippen molar-refractivity contribution in [3.05, 3.63) is 200 Å². The highest BCUT2D eigenvalue weighted by Crippen LogP contribution is 2.36. The average Bonchev–Trinajstić information content (AvgIpc) is 3.17. The minimum absolute atomic E-state index is 0.581. The molecule has 0 bridgehead atoms. The van der Waals surface area contributed by atoms with Crippen LogP contribution >= 0.6 is 0 Å². The van der Waals surface area contributed by atoms with Crippen LogP contribution in [-0.4, -0.2) is 15.0 Å². The summed E-state index contributed by atoms with van der Waals surface area (Å²) in [6.07, 6.45) is 7.83. The highest BCUT2D eigenvalue weighted by atomic mass is 15.0. The predicted molar refractivity (Wildman–Crippen MR) is 201 cm³/mol. The minimum Gasteiger partial charge on any atom is -0.209 e. The zero-order valence-corrected chi connectivity index (χ0v) is 26.4. The van der Waals surface area contributed by atoms with Crippen molar-refractivity contribution in [1.82, 2.24) is 15.0 Å². The van der Waals surface area contributed by atoms with Crippen molar-refractivity contribution < 1.29 is 0 Å². The van der Waals surface area contributed by atoms with Crippen LogP contribution in [-0.2, 0) is 0 Å². The lowest BCUT2D eigenvalue weighted by atomic mass is 9.90. The summed E-state index contributed by atoms with van der Waals surface area (Å²) in [7, 11) is 0. The molecule has 48 heavy (non-hydrogen) atoms. The summed E-state index contributed by atoms with van der Waals surface area (Å²) >= 11 is 0. The molecule has 0 aliphatic rings. The number of allylic oxidation sites excluding steroid dienone is 4. The number of rotatable bonds is 9. The van der Waals surface area contributed by atoms with Crippen molar-refractivity contribution >= 4 is 11.6 Å². The molecule has 0 aliphatic carbocycles. The van der Waals surface area contributed by atoms with Crippen molar-refractivity contribution in [3.8, 4) is 56.2 Å². The topological polar surface area (TPSA) is 38.7 Å². The largest absolute Gasteiger partial charge is 0.209 e. The highest BCUT2D eigenvalue weighted by Gasteiger charge is 2.12. The maximum Gasteiger partial charge on any atom is 0.164 e. The summed E-state index contributed by atoms with van der Waals surface area (Å²) in [5, 5.41) is 0. The van der Waals surface area contributed by atoms with Crippen LogP contribution in [0.4, 0.5) is 0 Å². The van der Waals surface area contributed by atoms with Crippen LogP contribution < -0.4 is 0 Å². The van der Waals surface area contributed by atoms with Gasteiger partial charge in [-0.15, -0.1) is 0 Å². The molecule has 7 aromatic rings. The monoisotopic (exact) mass is 615 g/mol. The predicted octanol–water partition coefficient (Wildman–Crippen LogP) is 11.5. The van der Waals surface area contributed by atoms with Gasteiger partial charge < -0.3 is 0 Å². The number of nitrogens with zero attached hydrogens (tertiary/aromatic N) is 3. The summed E-state index contributed by atoms with van der Waals surface area (Å²) in [6, 6.07) is 56.5. The number of benzene rings is 6. The fourth-order valence-electron chi connectivity index (χ4n) is 5.77. The fourth-order valence-corrected chi connectivity index (χ4v) is 5.77. The second-order valence-electron chi connectivity index (χ2n) is 11.3. The van der Waals surface area contributed by atoms with E-state index in [9.17, 15) is 0 Å². The van der Waals surface area contributed by atoms with Crippen LogP contribution in [0, 0.1) is 0 Å². The third-order valence-corrected chi connectivity index (χ3v) is 8.14. The molecule has 0 unspecified atom stereocenters. The molecule has 0 saturated heterocycles. The quantitative estimate of drug-likeness (QED) is 0.152. The number of hydrogen-bond donors (Lipinski definition) is 0. The Morgan fingerprint density at radius 3 is 1.50 bits per heavy atom. The van der Waals surface area contributed by atoms with E-state index in [0.29, 0.717) is 17.5 Å². The number of aromatic nitrogens is 3. The van der Waals surface area contributed by atoms with Gasteiger partial charge in [-0.05, 0) is 62.7 Å². The van der Waals surface area contributed by atoms with E-state index in [-0.39, 0.29) is 0 Å². The molecule has 1 aromatic heterocycles. The minimum atomic E-state index is 0.581. The fraction of sp³-hybridized carbons (Fsp3) is 0. The molecule has 0 fully saturated rings. The van der Waals surface area contributed by atoms with Crippen LogP contribution in [0.5, 0.6) is 0 Å². The summed E-state index contributed by atoms with van der Waals surface area (Å²) in [5.74, 6) is 1.85. The lowest BCUT2D eigenvalue weighted by Gasteiger charge is -2.14. The normalized spacial score (nSPS) is 11.5. The SMILES string of the molecule is C=C/C=C(\C=C\c1nc(-c2ccccc2)nc(-c2ccccc2)n1)c1cccc(-c2ccc(-c3ccccc3)c(-c3ccccc3)c2)c1. The van der Waals surface area contributed by atoms with E-state index in [1.807, 2.05) is 85.0 Å². The molecule has 0 N–H and O–H groups in total. The van der Waals surface area contributed by atoms with Gasteiger partial charge in [0.15, 0.2) is 17.5 Å². The third-order valence-electron chi connectivity index (χ3n) is 8.14. The zero-order chi connectivity index (χ0) is 32.5. The molecular formula is C45H33N3. The molecule has 3 heteroatoms. The Bertz CT molecular complexity index is 2160.